The topological polar surface area (TPSA) is 77.3 Å². The van der Waals surface area contributed by atoms with Crippen LogP contribution in [0.5, 0.6) is 0 Å². The van der Waals surface area contributed by atoms with E-state index < -0.39 is 0 Å². The summed E-state index contributed by atoms with van der Waals surface area (Å²) < 4.78 is 0. The predicted molar refractivity (Wildman–Crippen MR) is 60.2 cm³/mol. The second kappa shape index (κ2) is 3.23. The van der Waals surface area contributed by atoms with Crippen LogP contribution in [0.2, 0.25) is 0 Å². The fraction of sp³-hybridized carbons (Fsp3) is 0.273. The smallest absolute Gasteiger partial charge is 0.271 e. The lowest BCUT2D eigenvalue weighted by molar-refractivity contribution is 1.03. The number of nitrogens with one attached hydrogen (secondary N) is 3. The zero-order chi connectivity index (χ0) is 11.1. The molecule has 82 valence electrons. The van der Waals surface area contributed by atoms with Crippen molar-refractivity contribution in [3.8, 4) is 0 Å². The van der Waals surface area contributed by atoms with Gasteiger partial charge in [-0.15, -0.1) is 0 Å². The third-order valence-corrected chi connectivity index (χ3v) is 2.84. The van der Waals surface area contributed by atoms with Gasteiger partial charge >= 0.3 is 0 Å². The van der Waals surface area contributed by atoms with Crippen LogP contribution >= 0.6 is 0 Å². The fourth-order valence-electron chi connectivity index (χ4n) is 1.76. The maximum atomic E-state index is 11.6. The number of hydrogen-bond donors (Lipinski definition) is 3. The molecule has 1 fully saturated rings. The van der Waals surface area contributed by atoms with E-state index in [1.54, 1.807) is 6.20 Å². The summed E-state index contributed by atoms with van der Waals surface area (Å²) in [6, 6.07) is 0. The van der Waals surface area contributed by atoms with Gasteiger partial charge in [-0.25, -0.2) is 0 Å². The molecule has 1 saturated carbocycles. The second-order valence-corrected chi connectivity index (χ2v) is 4.07. The minimum atomic E-state index is -0.0741. The van der Waals surface area contributed by atoms with Crippen molar-refractivity contribution in [2.75, 3.05) is 0 Å². The fourth-order valence-corrected chi connectivity index (χ4v) is 1.76. The summed E-state index contributed by atoms with van der Waals surface area (Å²) >= 11 is 0. The number of hydrogen-bond acceptors (Lipinski definition) is 2. The molecule has 16 heavy (non-hydrogen) atoms. The zero-order valence-corrected chi connectivity index (χ0v) is 8.92. The highest BCUT2D eigenvalue weighted by Crippen LogP contribution is 2.26. The molecular formula is C11H12N4O. The van der Waals surface area contributed by atoms with Crippen LogP contribution in [0.4, 0.5) is 0 Å². The number of aromatic nitrogens is 4. The third-order valence-electron chi connectivity index (χ3n) is 2.84. The van der Waals surface area contributed by atoms with Crippen molar-refractivity contribution >= 4 is 11.6 Å². The first kappa shape index (κ1) is 9.21. The van der Waals surface area contributed by atoms with Crippen molar-refractivity contribution in [1.82, 2.24) is 20.4 Å². The molecule has 0 unspecified atom stereocenters. The van der Waals surface area contributed by atoms with Gasteiger partial charge in [0.2, 0.25) is 0 Å². The van der Waals surface area contributed by atoms with E-state index in [0.29, 0.717) is 5.22 Å². The van der Waals surface area contributed by atoms with Crippen molar-refractivity contribution in [2.24, 2.45) is 0 Å². The molecule has 5 nitrogen and oxygen atoms in total. The Morgan fingerprint density at radius 2 is 2.19 bits per heavy atom. The number of rotatable bonds is 1. The van der Waals surface area contributed by atoms with E-state index in [4.69, 9.17) is 0 Å². The number of aryl methyl sites for hydroxylation is 1. The van der Waals surface area contributed by atoms with Gasteiger partial charge in [0.15, 0.2) is 0 Å². The highest BCUT2D eigenvalue weighted by Gasteiger charge is 2.14. The van der Waals surface area contributed by atoms with Crippen molar-refractivity contribution in [3.05, 3.63) is 38.4 Å². The number of nitrogens with zero attached hydrogens (tertiary/aromatic N) is 1. The quantitative estimate of drug-likeness (QED) is 0.601. The molecule has 5 heteroatoms. The first-order valence-electron chi connectivity index (χ1n) is 5.26. The number of H-pyrrole nitrogens is 3. The van der Waals surface area contributed by atoms with E-state index in [2.05, 4.69) is 20.4 Å². The van der Waals surface area contributed by atoms with Gasteiger partial charge in [0.1, 0.15) is 0 Å². The Morgan fingerprint density at radius 1 is 1.38 bits per heavy atom. The average molecular weight is 216 g/mol. The van der Waals surface area contributed by atoms with Crippen LogP contribution in [-0.2, 0) is 0 Å². The van der Waals surface area contributed by atoms with Crippen molar-refractivity contribution in [1.29, 1.82) is 0 Å². The monoisotopic (exact) mass is 216 g/mol. The third kappa shape index (κ3) is 1.41. The molecule has 0 aromatic carbocycles. The van der Waals surface area contributed by atoms with E-state index in [1.807, 2.05) is 13.0 Å². The van der Waals surface area contributed by atoms with E-state index in [9.17, 15) is 4.79 Å². The van der Waals surface area contributed by atoms with E-state index in [0.717, 1.165) is 29.4 Å². The molecule has 2 aromatic heterocycles. The number of aromatic amines is 3. The Balaban J connectivity index is 2.32. The van der Waals surface area contributed by atoms with Gasteiger partial charge in [0.05, 0.1) is 16.8 Å². The van der Waals surface area contributed by atoms with Gasteiger partial charge in [-0.3, -0.25) is 20.1 Å². The van der Waals surface area contributed by atoms with E-state index in [1.165, 1.54) is 5.57 Å². The molecule has 0 aliphatic heterocycles. The minimum Gasteiger partial charge on any atom is -0.298 e. The van der Waals surface area contributed by atoms with Crippen LogP contribution in [0.3, 0.4) is 0 Å². The molecule has 2 aromatic rings. The lowest BCUT2D eigenvalue weighted by Crippen LogP contribution is -2.33. The second-order valence-electron chi connectivity index (χ2n) is 4.07. The van der Waals surface area contributed by atoms with Gasteiger partial charge < -0.3 is 0 Å². The van der Waals surface area contributed by atoms with Crippen LogP contribution < -0.4 is 16.1 Å². The summed E-state index contributed by atoms with van der Waals surface area (Å²) in [5.74, 6) is 0. The average Bonchev–Trinajstić information content (AvgIpc) is 2.94. The maximum Gasteiger partial charge on any atom is 0.271 e. The van der Waals surface area contributed by atoms with Gasteiger partial charge in [-0.1, -0.05) is 0 Å². The first-order valence-corrected chi connectivity index (χ1v) is 5.26. The molecule has 1 aliphatic rings. The Labute approximate surface area is 90.9 Å². The van der Waals surface area contributed by atoms with Crippen LogP contribution in [0.15, 0.2) is 11.0 Å². The summed E-state index contributed by atoms with van der Waals surface area (Å²) in [5.41, 5.74) is 3.15. The summed E-state index contributed by atoms with van der Waals surface area (Å²) in [7, 11) is 0. The molecule has 1 aliphatic carbocycles. The summed E-state index contributed by atoms with van der Waals surface area (Å²) in [4.78, 5) is 11.6. The standard InChI is InChI=1S/C11H12N4O/c1-6-8(5-12-13-6)4-9-10(7-2-3-7)14-15-11(9)16/h4-5,14H,2-3H2,1H3,(H,12,13)(H,15,16). The van der Waals surface area contributed by atoms with Crippen molar-refractivity contribution in [2.45, 2.75) is 19.8 Å². The predicted octanol–water partition coefficient (Wildman–Crippen LogP) is -0.492. The molecule has 2 heterocycles. The molecule has 0 spiro atoms. The molecule has 3 rings (SSSR count). The molecule has 0 amide bonds. The van der Waals surface area contributed by atoms with Gasteiger partial charge in [-0.2, -0.15) is 5.10 Å². The minimum absolute atomic E-state index is 0.0741. The molecule has 0 radical (unpaired) electrons. The lowest BCUT2D eigenvalue weighted by atomic mass is 10.2. The Bertz CT molecular complexity index is 695. The van der Waals surface area contributed by atoms with Gasteiger partial charge in [0.25, 0.3) is 5.56 Å². The van der Waals surface area contributed by atoms with Crippen molar-refractivity contribution in [3.63, 3.8) is 0 Å². The van der Waals surface area contributed by atoms with E-state index in [-0.39, 0.29) is 5.56 Å². The Morgan fingerprint density at radius 3 is 2.81 bits per heavy atom. The van der Waals surface area contributed by atoms with Gasteiger partial charge in [0, 0.05) is 11.3 Å². The maximum absolute atomic E-state index is 11.6. The summed E-state index contributed by atoms with van der Waals surface area (Å²) in [6.45, 7) is 1.93. The molecular weight excluding hydrogens is 204 g/mol. The van der Waals surface area contributed by atoms with E-state index >= 15 is 0 Å². The highest BCUT2D eigenvalue weighted by molar-refractivity contribution is 5.59. The molecule has 0 saturated heterocycles. The van der Waals surface area contributed by atoms with Crippen LogP contribution in [0.1, 0.15) is 24.1 Å². The highest BCUT2D eigenvalue weighted by atomic mass is 16.1. The zero-order valence-electron chi connectivity index (χ0n) is 8.92. The molecule has 0 atom stereocenters. The normalized spacial score (nSPS) is 15.8. The lowest BCUT2D eigenvalue weighted by Gasteiger charge is -1.85. The summed E-state index contributed by atoms with van der Waals surface area (Å²) in [5, 5.41) is 14.0. The first-order chi connectivity index (χ1) is 7.75. The van der Waals surface area contributed by atoms with Crippen LogP contribution in [0.25, 0.3) is 11.6 Å². The SMILES string of the molecule is Cc1[nH]ncc1C=c1c(=O)[nH][nH]c1=C1CC1. The van der Waals surface area contributed by atoms with Crippen LogP contribution in [0, 0.1) is 6.92 Å². The molecule has 0 bridgehead atoms. The Kier molecular flexibility index (Phi) is 1.86. The molecule has 3 N–H and O–H groups in total. The van der Waals surface area contributed by atoms with Crippen LogP contribution in [-0.4, -0.2) is 20.4 Å². The van der Waals surface area contributed by atoms with Crippen molar-refractivity contribution < 1.29 is 0 Å². The largest absolute Gasteiger partial charge is 0.298 e. The Hall–Kier alpha value is -2.04. The van der Waals surface area contributed by atoms with Gasteiger partial charge in [-0.05, 0) is 31.4 Å². The summed E-state index contributed by atoms with van der Waals surface area (Å²) in [6.07, 6.45) is 5.76.